The van der Waals surface area contributed by atoms with Crippen LogP contribution in [-0.4, -0.2) is 52.3 Å². The molecule has 0 fully saturated rings. The third-order valence-electron chi connectivity index (χ3n) is 7.42. The van der Waals surface area contributed by atoms with E-state index >= 15 is 0 Å². The van der Waals surface area contributed by atoms with Crippen molar-refractivity contribution in [2.75, 3.05) is 17.2 Å². The maximum absolute atomic E-state index is 13.3. The van der Waals surface area contributed by atoms with E-state index in [0.717, 1.165) is 16.7 Å². The lowest BCUT2D eigenvalue weighted by atomic mass is 10.1. The summed E-state index contributed by atoms with van der Waals surface area (Å²) in [6.07, 6.45) is -0.598. The Labute approximate surface area is 265 Å². The van der Waals surface area contributed by atoms with Crippen molar-refractivity contribution in [1.29, 1.82) is 0 Å². The number of benzene rings is 4. The summed E-state index contributed by atoms with van der Waals surface area (Å²) >= 11 is 0. The molecular weight excluding hydrogens is 586 g/mol. The number of carbonyl (C=O) groups is 4. The summed E-state index contributed by atoms with van der Waals surface area (Å²) in [5.74, 6) is -1.86. The number of nitrogens with two attached hydrogens (primary N) is 1. The van der Waals surface area contributed by atoms with Crippen LogP contribution in [0.25, 0.3) is 0 Å². The molecule has 0 saturated carbocycles. The van der Waals surface area contributed by atoms with Gasteiger partial charge in [-0.25, -0.2) is 4.79 Å². The molecule has 234 valence electrons. The van der Waals surface area contributed by atoms with Crippen molar-refractivity contribution in [2.45, 2.75) is 32.0 Å². The van der Waals surface area contributed by atoms with E-state index in [9.17, 15) is 24.3 Å². The number of rotatable bonds is 10. The Kier molecular flexibility index (Phi) is 10.0. The molecule has 11 heteroatoms. The van der Waals surface area contributed by atoms with Crippen molar-refractivity contribution >= 4 is 41.1 Å². The highest BCUT2D eigenvalue weighted by molar-refractivity contribution is 6.06. The molecule has 1 aliphatic rings. The van der Waals surface area contributed by atoms with E-state index in [0.29, 0.717) is 35.5 Å². The van der Waals surface area contributed by atoms with E-state index in [4.69, 9.17) is 10.5 Å². The van der Waals surface area contributed by atoms with E-state index < -0.39 is 30.4 Å². The molecule has 1 heterocycles. The van der Waals surface area contributed by atoms with Gasteiger partial charge in [0, 0.05) is 35.6 Å². The topological polar surface area (TPSA) is 163 Å². The Bertz CT molecular complexity index is 1740. The number of carboxylic acids is 1. The average molecular weight is 620 g/mol. The van der Waals surface area contributed by atoms with Crippen molar-refractivity contribution in [3.05, 3.63) is 131 Å². The predicted octanol–water partition coefficient (Wildman–Crippen LogP) is 4.82. The lowest BCUT2D eigenvalue weighted by Crippen LogP contribution is -2.42. The number of ether oxygens (including phenoxy) is 1. The zero-order valence-corrected chi connectivity index (χ0v) is 24.9. The molecule has 5 N–H and O–H groups in total. The number of amides is 3. The number of anilines is 2. The van der Waals surface area contributed by atoms with Crippen molar-refractivity contribution < 1.29 is 29.0 Å². The van der Waals surface area contributed by atoms with Crippen molar-refractivity contribution in [3.63, 3.8) is 0 Å². The first kappa shape index (κ1) is 31.5. The van der Waals surface area contributed by atoms with Crippen LogP contribution in [0.3, 0.4) is 0 Å². The van der Waals surface area contributed by atoms with E-state index in [1.807, 2.05) is 60.7 Å². The van der Waals surface area contributed by atoms with Gasteiger partial charge in [-0.3, -0.25) is 14.4 Å². The van der Waals surface area contributed by atoms with Crippen LogP contribution in [0.1, 0.15) is 39.0 Å². The Balaban J connectivity index is 1.24. The molecular formula is C35H33N5O6. The molecule has 0 unspecified atom stereocenters. The predicted molar refractivity (Wildman–Crippen MR) is 173 cm³/mol. The highest BCUT2D eigenvalue weighted by atomic mass is 16.5. The van der Waals surface area contributed by atoms with Crippen LogP contribution in [0, 0.1) is 0 Å². The minimum Gasteiger partial charge on any atom is -0.481 e. The van der Waals surface area contributed by atoms with Gasteiger partial charge < -0.3 is 31.1 Å². The van der Waals surface area contributed by atoms with Gasteiger partial charge in [-0.1, -0.05) is 66.7 Å². The molecule has 3 amide bonds. The Morgan fingerprint density at radius 2 is 1.57 bits per heavy atom. The maximum Gasteiger partial charge on any atom is 0.435 e. The maximum atomic E-state index is 13.3. The van der Waals surface area contributed by atoms with E-state index in [-0.39, 0.29) is 24.9 Å². The largest absolute Gasteiger partial charge is 0.481 e. The summed E-state index contributed by atoms with van der Waals surface area (Å²) in [4.78, 5) is 55.6. The van der Waals surface area contributed by atoms with Gasteiger partial charge in [0.2, 0.25) is 5.91 Å². The molecule has 46 heavy (non-hydrogen) atoms. The molecule has 0 aromatic heterocycles. The van der Waals surface area contributed by atoms with Crippen molar-refractivity contribution in [2.24, 2.45) is 10.7 Å². The lowest BCUT2D eigenvalue weighted by Gasteiger charge is -2.24. The number of nitrogens with one attached hydrogen (secondary N) is 2. The molecule has 1 atom stereocenters. The highest BCUT2D eigenvalue weighted by Gasteiger charge is 2.31. The molecule has 0 aliphatic carbocycles. The van der Waals surface area contributed by atoms with Gasteiger partial charge in [0.25, 0.3) is 5.91 Å². The third-order valence-corrected chi connectivity index (χ3v) is 7.42. The summed E-state index contributed by atoms with van der Waals surface area (Å²) in [5, 5.41) is 15.4. The number of carbonyl (C=O) groups excluding carboxylic acids is 3. The van der Waals surface area contributed by atoms with Gasteiger partial charge in [0.05, 0.1) is 6.42 Å². The van der Waals surface area contributed by atoms with Gasteiger partial charge >= 0.3 is 12.1 Å². The summed E-state index contributed by atoms with van der Waals surface area (Å²) in [5.41, 5.74) is 10.4. The van der Waals surface area contributed by atoms with Gasteiger partial charge in [0.1, 0.15) is 18.5 Å². The van der Waals surface area contributed by atoms with Gasteiger partial charge in [0.15, 0.2) is 0 Å². The van der Waals surface area contributed by atoms with Gasteiger partial charge in [-0.2, -0.15) is 4.99 Å². The van der Waals surface area contributed by atoms with Crippen molar-refractivity contribution in [1.82, 2.24) is 4.90 Å². The smallest absolute Gasteiger partial charge is 0.435 e. The first-order valence-electron chi connectivity index (χ1n) is 14.7. The number of hydrogen-bond acceptors (Lipinski definition) is 6. The average Bonchev–Trinajstić information content (AvgIpc) is 3.19. The highest BCUT2D eigenvalue weighted by Crippen LogP contribution is 2.26. The second-order valence-electron chi connectivity index (χ2n) is 10.7. The Hall–Kier alpha value is -5.97. The van der Waals surface area contributed by atoms with E-state index in [1.165, 1.54) is 0 Å². The molecule has 1 aliphatic heterocycles. The summed E-state index contributed by atoms with van der Waals surface area (Å²) < 4.78 is 5.14. The zero-order chi connectivity index (χ0) is 32.5. The number of nitrogens with zero attached hydrogens (tertiary/aromatic N) is 2. The second-order valence-corrected chi connectivity index (χ2v) is 10.7. The van der Waals surface area contributed by atoms with Crippen LogP contribution < -0.4 is 16.4 Å². The van der Waals surface area contributed by atoms with E-state index in [2.05, 4.69) is 15.6 Å². The van der Waals surface area contributed by atoms with E-state index in [1.54, 1.807) is 47.4 Å². The van der Waals surface area contributed by atoms with Crippen LogP contribution in [0.2, 0.25) is 0 Å². The summed E-state index contributed by atoms with van der Waals surface area (Å²) in [6.45, 7) is 0.765. The van der Waals surface area contributed by atoms with Crippen LogP contribution in [0.4, 0.5) is 16.2 Å². The molecule has 4 aromatic carbocycles. The normalized spacial score (nSPS) is 14.4. The fourth-order valence-electron chi connectivity index (χ4n) is 5.00. The summed E-state index contributed by atoms with van der Waals surface area (Å²) in [7, 11) is 0. The zero-order valence-electron chi connectivity index (χ0n) is 24.9. The quantitative estimate of drug-likeness (QED) is 0.145. The van der Waals surface area contributed by atoms with Crippen LogP contribution in [0.15, 0.2) is 108 Å². The fourth-order valence-corrected chi connectivity index (χ4v) is 5.00. The molecule has 0 bridgehead atoms. The molecule has 0 spiro atoms. The fraction of sp³-hybridized carbons (Fsp3) is 0.171. The minimum absolute atomic E-state index is 0.0314. The number of amidine groups is 1. The Morgan fingerprint density at radius 3 is 2.24 bits per heavy atom. The molecule has 0 radical (unpaired) electrons. The molecule has 5 rings (SSSR count). The number of hydrogen-bond donors (Lipinski definition) is 4. The number of carboxylic acid groups (broad SMARTS) is 1. The number of aliphatic imine (C=N–C) groups is 1. The third kappa shape index (κ3) is 8.35. The number of aliphatic carboxylic acids is 1. The standard InChI is InChI=1S/C35H33N5O6/c36-32(39-35(45)46-22-24-9-5-2-6-10-24)25-13-15-28(16-14-25)37-33(43)26-11-12-27-21-40(18-17-23-7-3-1-4-8-23)34(44)30(20-31(41)42)38-29(27)19-26/h1-16,19,30,38H,17-18,20-22H2,(H,37,43)(H,41,42)(H2,36,39,45)/t30-/m1/s1. The first-order chi connectivity index (χ1) is 22.2. The number of fused-ring (bicyclic) bond motifs is 1. The monoisotopic (exact) mass is 619 g/mol. The SMILES string of the molecule is NC(=NC(=O)OCc1ccccc1)c1ccc(NC(=O)c2ccc3c(c2)N[C@H](CC(=O)O)C(=O)N(CCc2ccccc2)C3)cc1. The lowest BCUT2D eigenvalue weighted by molar-refractivity contribution is -0.141. The Morgan fingerprint density at radius 1 is 0.913 bits per heavy atom. The molecule has 4 aromatic rings. The second kappa shape index (κ2) is 14.7. The van der Waals surface area contributed by atoms with Crippen LogP contribution >= 0.6 is 0 Å². The van der Waals surface area contributed by atoms with Gasteiger partial charge in [-0.05, 0) is 59.5 Å². The van der Waals surface area contributed by atoms with Gasteiger partial charge in [-0.15, -0.1) is 0 Å². The first-order valence-corrected chi connectivity index (χ1v) is 14.7. The minimum atomic E-state index is -1.11. The van der Waals surface area contributed by atoms with Crippen molar-refractivity contribution in [3.8, 4) is 0 Å². The molecule has 11 nitrogen and oxygen atoms in total. The van der Waals surface area contributed by atoms with Crippen LogP contribution in [-0.2, 0) is 33.9 Å². The molecule has 0 saturated heterocycles. The summed E-state index contributed by atoms with van der Waals surface area (Å²) in [6, 6.07) is 29.5. The van der Waals surface area contributed by atoms with Crippen LogP contribution in [0.5, 0.6) is 0 Å².